The van der Waals surface area contributed by atoms with Crippen LogP contribution in [0, 0.1) is 0 Å². The largest absolute Gasteiger partial charge is 0.508 e. The predicted octanol–water partition coefficient (Wildman–Crippen LogP) is 4.58. The van der Waals surface area contributed by atoms with E-state index in [1.54, 1.807) is 30.3 Å². The average Bonchev–Trinajstić information content (AvgIpc) is 2.62. The first-order chi connectivity index (χ1) is 13.1. The third-order valence-electron chi connectivity index (χ3n) is 3.82. The summed E-state index contributed by atoms with van der Waals surface area (Å²) in [5.41, 5.74) is 1.04. The molecule has 0 radical (unpaired) electrons. The van der Waals surface area contributed by atoms with Crippen molar-refractivity contribution in [3.8, 4) is 11.5 Å². The molecular weight excluding hydrogens is 366 g/mol. The summed E-state index contributed by atoms with van der Waals surface area (Å²) in [5.74, 6) is 0.541. The summed E-state index contributed by atoms with van der Waals surface area (Å²) in [5, 5.41) is 27.6. The lowest BCUT2D eigenvalue weighted by Gasteiger charge is -2.11. The molecule has 0 aliphatic rings. The molecule has 0 atom stereocenters. The minimum Gasteiger partial charge on any atom is -0.508 e. The molecule has 0 saturated heterocycles. The summed E-state index contributed by atoms with van der Waals surface area (Å²) in [7, 11) is 0. The molecule has 27 heavy (non-hydrogen) atoms. The monoisotopic (exact) mass is 379 g/mol. The van der Waals surface area contributed by atoms with Crippen molar-refractivity contribution in [2.24, 2.45) is 0 Å². The van der Waals surface area contributed by atoms with Gasteiger partial charge in [0.25, 0.3) is 0 Å². The van der Waals surface area contributed by atoms with E-state index in [0.717, 1.165) is 10.8 Å². The SMILES string of the molecule is Oc1cccc(Nc2nc(Cl)nc(Nc3cc4ccccc4cc3O)n2)c1. The van der Waals surface area contributed by atoms with Gasteiger partial charge in [-0.2, -0.15) is 15.0 Å². The van der Waals surface area contributed by atoms with Crippen LogP contribution in [-0.4, -0.2) is 25.2 Å². The lowest BCUT2D eigenvalue weighted by atomic mass is 10.1. The molecule has 4 rings (SSSR count). The van der Waals surface area contributed by atoms with Gasteiger partial charge in [-0.15, -0.1) is 0 Å². The van der Waals surface area contributed by atoms with E-state index in [1.165, 1.54) is 6.07 Å². The molecule has 1 aromatic heterocycles. The highest BCUT2D eigenvalue weighted by Crippen LogP contribution is 2.31. The van der Waals surface area contributed by atoms with Crippen LogP contribution in [0.2, 0.25) is 5.28 Å². The smallest absolute Gasteiger partial charge is 0.233 e. The molecule has 0 unspecified atom stereocenters. The first-order valence-corrected chi connectivity index (χ1v) is 8.41. The van der Waals surface area contributed by atoms with Crippen LogP contribution in [0.25, 0.3) is 10.8 Å². The molecule has 134 valence electrons. The van der Waals surface area contributed by atoms with Crippen molar-refractivity contribution < 1.29 is 10.2 Å². The quantitative estimate of drug-likeness (QED) is 0.385. The summed E-state index contributed by atoms with van der Waals surface area (Å²) < 4.78 is 0. The number of phenolic OH excluding ortho intramolecular Hbond substituents is 2. The van der Waals surface area contributed by atoms with Gasteiger partial charge in [-0.1, -0.05) is 30.3 Å². The van der Waals surface area contributed by atoms with E-state index in [1.807, 2.05) is 24.3 Å². The van der Waals surface area contributed by atoms with Crippen molar-refractivity contribution in [2.75, 3.05) is 10.6 Å². The molecule has 4 N–H and O–H groups in total. The molecule has 0 amide bonds. The van der Waals surface area contributed by atoms with Gasteiger partial charge >= 0.3 is 0 Å². The van der Waals surface area contributed by atoms with Crippen molar-refractivity contribution >= 4 is 45.6 Å². The summed E-state index contributed by atoms with van der Waals surface area (Å²) in [6, 6.07) is 17.6. The normalized spacial score (nSPS) is 10.7. The van der Waals surface area contributed by atoms with Crippen LogP contribution >= 0.6 is 11.6 Å². The number of nitrogens with zero attached hydrogens (tertiary/aromatic N) is 3. The van der Waals surface area contributed by atoms with E-state index < -0.39 is 0 Å². The lowest BCUT2D eigenvalue weighted by Crippen LogP contribution is -2.04. The number of fused-ring (bicyclic) bond motifs is 1. The molecule has 4 aromatic rings. The van der Waals surface area contributed by atoms with Crippen molar-refractivity contribution in [1.82, 2.24) is 15.0 Å². The molecule has 0 spiro atoms. The number of hydrogen-bond acceptors (Lipinski definition) is 7. The molecule has 0 aliphatic carbocycles. The zero-order valence-electron chi connectivity index (χ0n) is 13.9. The minimum atomic E-state index is -0.0181. The molecule has 0 aliphatic heterocycles. The van der Waals surface area contributed by atoms with Gasteiger partial charge in [-0.05, 0) is 46.6 Å². The Labute approximate surface area is 159 Å². The molecule has 7 nitrogen and oxygen atoms in total. The fourth-order valence-electron chi connectivity index (χ4n) is 2.62. The second-order valence-electron chi connectivity index (χ2n) is 5.77. The van der Waals surface area contributed by atoms with Gasteiger partial charge < -0.3 is 20.8 Å². The van der Waals surface area contributed by atoms with Gasteiger partial charge in [-0.3, -0.25) is 0 Å². The van der Waals surface area contributed by atoms with Crippen molar-refractivity contribution in [1.29, 1.82) is 0 Å². The van der Waals surface area contributed by atoms with E-state index in [0.29, 0.717) is 11.4 Å². The zero-order chi connectivity index (χ0) is 18.8. The Hall–Kier alpha value is -3.58. The Morgan fingerprint density at radius 3 is 2.19 bits per heavy atom. The Balaban J connectivity index is 1.64. The number of nitrogens with one attached hydrogen (secondary N) is 2. The van der Waals surface area contributed by atoms with E-state index in [-0.39, 0.29) is 28.7 Å². The van der Waals surface area contributed by atoms with E-state index >= 15 is 0 Å². The second-order valence-corrected chi connectivity index (χ2v) is 6.11. The highest BCUT2D eigenvalue weighted by atomic mass is 35.5. The van der Waals surface area contributed by atoms with E-state index in [4.69, 9.17) is 11.6 Å². The van der Waals surface area contributed by atoms with E-state index in [9.17, 15) is 10.2 Å². The Kier molecular flexibility index (Phi) is 4.35. The van der Waals surface area contributed by atoms with Gasteiger partial charge in [-0.25, -0.2) is 0 Å². The Bertz CT molecular complexity index is 1140. The number of halogens is 1. The van der Waals surface area contributed by atoms with Crippen molar-refractivity contribution in [2.45, 2.75) is 0 Å². The predicted molar refractivity (Wildman–Crippen MR) is 105 cm³/mol. The maximum Gasteiger partial charge on any atom is 0.233 e. The van der Waals surface area contributed by atoms with Crippen LogP contribution in [0.3, 0.4) is 0 Å². The standard InChI is InChI=1S/C19H14ClN5O2/c20-17-23-18(21-13-6-3-7-14(26)10-13)25-19(24-17)22-15-8-11-4-1-2-5-12(11)9-16(15)27/h1-10,26-27H,(H2,21,22,23,24,25). The molecule has 0 saturated carbocycles. The zero-order valence-corrected chi connectivity index (χ0v) is 14.6. The van der Waals surface area contributed by atoms with Crippen molar-refractivity contribution in [3.05, 3.63) is 65.9 Å². The number of aromatic hydroxyl groups is 2. The number of anilines is 4. The van der Waals surface area contributed by atoms with Crippen LogP contribution in [-0.2, 0) is 0 Å². The topological polar surface area (TPSA) is 103 Å². The van der Waals surface area contributed by atoms with Gasteiger partial charge in [0, 0.05) is 11.8 Å². The number of rotatable bonds is 4. The number of hydrogen-bond donors (Lipinski definition) is 4. The van der Waals surface area contributed by atoms with Crippen LogP contribution in [0.5, 0.6) is 11.5 Å². The summed E-state index contributed by atoms with van der Waals surface area (Å²) in [6.45, 7) is 0. The Morgan fingerprint density at radius 2 is 1.44 bits per heavy atom. The fraction of sp³-hybridized carbons (Fsp3) is 0. The average molecular weight is 380 g/mol. The summed E-state index contributed by atoms with van der Waals surface area (Å²) in [4.78, 5) is 12.3. The first-order valence-electron chi connectivity index (χ1n) is 8.03. The maximum absolute atomic E-state index is 10.3. The first kappa shape index (κ1) is 16.9. The lowest BCUT2D eigenvalue weighted by molar-refractivity contribution is 0.475. The van der Waals surface area contributed by atoms with Gasteiger partial charge in [0.1, 0.15) is 11.5 Å². The second kappa shape index (κ2) is 6.97. The third-order valence-corrected chi connectivity index (χ3v) is 3.99. The number of phenols is 2. The number of aromatic nitrogens is 3. The van der Waals surface area contributed by atoms with Crippen LogP contribution < -0.4 is 10.6 Å². The van der Waals surface area contributed by atoms with Crippen LogP contribution in [0.4, 0.5) is 23.3 Å². The fourth-order valence-corrected chi connectivity index (χ4v) is 2.78. The molecule has 0 fully saturated rings. The summed E-state index contributed by atoms with van der Waals surface area (Å²) in [6.07, 6.45) is 0. The number of benzene rings is 3. The summed E-state index contributed by atoms with van der Waals surface area (Å²) >= 11 is 5.99. The van der Waals surface area contributed by atoms with Gasteiger partial charge in [0.05, 0.1) is 5.69 Å². The van der Waals surface area contributed by atoms with Gasteiger partial charge in [0.2, 0.25) is 17.2 Å². The van der Waals surface area contributed by atoms with Crippen LogP contribution in [0.1, 0.15) is 0 Å². The maximum atomic E-state index is 10.3. The van der Waals surface area contributed by atoms with Crippen LogP contribution in [0.15, 0.2) is 60.7 Å². The third kappa shape index (κ3) is 3.83. The van der Waals surface area contributed by atoms with E-state index in [2.05, 4.69) is 25.6 Å². The van der Waals surface area contributed by atoms with Gasteiger partial charge in [0.15, 0.2) is 0 Å². The highest BCUT2D eigenvalue weighted by Gasteiger charge is 2.10. The minimum absolute atomic E-state index is 0.0181. The van der Waals surface area contributed by atoms with Crippen molar-refractivity contribution in [3.63, 3.8) is 0 Å². The molecule has 3 aromatic carbocycles. The molecule has 1 heterocycles. The molecule has 8 heteroatoms. The highest BCUT2D eigenvalue weighted by molar-refractivity contribution is 6.28. The molecule has 0 bridgehead atoms. The Morgan fingerprint density at radius 1 is 0.741 bits per heavy atom. The molecular formula is C19H14ClN5O2.